The van der Waals surface area contributed by atoms with Crippen molar-refractivity contribution in [2.24, 2.45) is 0 Å². The Hall–Kier alpha value is -1.00. The fourth-order valence-electron chi connectivity index (χ4n) is 2.12. The van der Waals surface area contributed by atoms with Gasteiger partial charge in [0.2, 0.25) is 0 Å². The highest BCUT2D eigenvalue weighted by Crippen LogP contribution is 2.14. The third kappa shape index (κ3) is 4.03. The van der Waals surface area contributed by atoms with Crippen LogP contribution in [-0.4, -0.2) is 42.6 Å². The lowest BCUT2D eigenvalue weighted by Crippen LogP contribution is -2.19. The molecule has 1 N–H and O–H groups in total. The molecule has 18 heavy (non-hydrogen) atoms. The van der Waals surface area contributed by atoms with Gasteiger partial charge in [0.25, 0.3) is 0 Å². The summed E-state index contributed by atoms with van der Waals surface area (Å²) in [7, 11) is 6.09. The van der Waals surface area contributed by atoms with E-state index in [1.165, 1.54) is 17.0 Å². The lowest BCUT2D eigenvalue weighted by atomic mass is 10.0. The highest BCUT2D eigenvalue weighted by molar-refractivity contribution is 5.27. The quantitative estimate of drug-likeness (QED) is 0.795. The normalized spacial score (nSPS) is 11.2. The Balaban J connectivity index is 3.08. The summed E-state index contributed by atoms with van der Waals surface area (Å²) < 4.78 is 0. The lowest BCUT2D eigenvalue weighted by molar-refractivity contribution is 0.388. The third-order valence-electron chi connectivity index (χ3n) is 2.98. The number of nitrogens with one attached hydrogen (secondary N) is 1. The highest BCUT2D eigenvalue weighted by Gasteiger charge is 2.12. The molecule has 0 aliphatic rings. The Kier molecular flexibility index (Phi) is 6.22. The van der Waals surface area contributed by atoms with E-state index in [1.54, 1.807) is 0 Å². The van der Waals surface area contributed by atoms with Gasteiger partial charge in [0.05, 0.1) is 6.54 Å². The van der Waals surface area contributed by atoms with E-state index in [1.807, 2.05) is 7.05 Å². The number of hydrogen-bond donors (Lipinski definition) is 1. The van der Waals surface area contributed by atoms with Crippen LogP contribution < -0.4 is 5.32 Å². The summed E-state index contributed by atoms with van der Waals surface area (Å²) in [4.78, 5) is 11.5. The van der Waals surface area contributed by atoms with Crippen LogP contribution in [0.3, 0.4) is 0 Å². The van der Waals surface area contributed by atoms with E-state index in [4.69, 9.17) is 9.97 Å². The van der Waals surface area contributed by atoms with Gasteiger partial charge in [-0.3, -0.25) is 0 Å². The van der Waals surface area contributed by atoms with Crippen LogP contribution in [-0.2, 0) is 25.8 Å². The van der Waals surface area contributed by atoms with Gasteiger partial charge in [0, 0.05) is 11.4 Å². The monoisotopic (exact) mass is 250 g/mol. The van der Waals surface area contributed by atoms with Gasteiger partial charge in [-0.05, 0) is 52.5 Å². The topological polar surface area (TPSA) is 41.1 Å². The van der Waals surface area contributed by atoms with Gasteiger partial charge >= 0.3 is 0 Å². The molecule has 0 aliphatic carbocycles. The molecule has 4 heteroatoms. The largest absolute Gasteiger partial charge is 0.319 e. The van der Waals surface area contributed by atoms with Crippen LogP contribution in [0.2, 0.25) is 0 Å². The summed E-state index contributed by atoms with van der Waals surface area (Å²) in [6, 6.07) is 0. The molecule has 4 nitrogen and oxygen atoms in total. The SMILES string of the molecule is CCc1nc(CN(C)C)nc(CC)c1CCNC. The molecule has 0 bridgehead atoms. The first kappa shape index (κ1) is 15.1. The average Bonchev–Trinajstić information content (AvgIpc) is 2.35. The van der Waals surface area contributed by atoms with E-state index in [0.29, 0.717) is 0 Å². The first-order chi connectivity index (χ1) is 8.62. The van der Waals surface area contributed by atoms with E-state index in [9.17, 15) is 0 Å². The van der Waals surface area contributed by atoms with Crippen LogP contribution in [0, 0.1) is 0 Å². The van der Waals surface area contributed by atoms with Gasteiger partial charge < -0.3 is 10.2 Å². The van der Waals surface area contributed by atoms with Gasteiger partial charge in [0.1, 0.15) is 5.82 Å². The molecule has 1 heterocycles. The van der Waals surface area contributed by atoms with Crippen LogP contribution in [0.1, 0.15) is 36.6 Å². The molecule has 0 radical (unpaired) electrons. The Morgan fingerprint density at radius 3 is 2.00 bits per heavy atom. The van der Waals surface area contributed by atoms with Gasteiger partial charge in [-0.2, -0.15) is 0 Å². The second-order valence-corrected chi connectivity index (χ2v) is 4.81. The standard InChI is InChI=1S/C14H26N4/c1-6-12-11(8-9-15-3)13(7-2)17-14(16-12)10-18(4)5/h15H,6-10H2,1-5H3. The molecule has 0 spiro atoms. The zero-order valence-corrected chi connectivity index (χ0v) is 12.4. The van der Waals surface area contributed by atoms with Gasteiger partial charge in [-0.15, -0.1) is 0 Å². The zero-order valence-electron chi connectivity index (χ0n) is 12.4. The number of aromatic nitrogens is 2. The van der Waals surface area contributed by atoms with Crippen molar-refractivity contribution in [3.63, 3.8) is 0 Å². The van der Waals surface area contributed by atoms with Gasteiger partial charge in [-0.25, -0.2) is 9.97 Å². The fourth-order valence-corrected chi connectivity index (χ4v) is 2.12. The molecule has 1 rings (SSSR count). The molecule has 1 aromatic rings. The molecular formula is C14H26N4. The predicted molar refractivity (Wildman–Crippen MR) is 75.8 cm³/mol. The van der Waals surface area contributed by atoms with Crippen LogP contribution in [0.25, 0.3) is 0 Å². The predicted octanol–water partition coefficient (Wildman–Crippen LogP) is 1.42. The smallest absolute Gasteiger partial charge is 0.142 e. The Bertz CT molecular complexity index is 349. The Labute approximate surface area is 111 Å². The van der Waals surface area contributed by atoms with Crippen LogP contribution in [0.5, 0.6) is 0 Å². The summed E-state index contributed by atoms with van der Waals surface area (Å²) in [5.41, 5.74) is 3.78. The van der Waals surface area contributed by atoms with Crippen molar-refractivity contribution >= 4 is 0 Å². The molecule has 1 aromatic heterocycles. The molecule has 0 fully saturated rings. The first-order valence-electron chi connectivity index (χ1n) is 6.79. The van der Waals surface area contributed by atoms with Crippen LogP contribution >= 0.6 is 0 Å². The second kappa shape index (κ2) is 7.44. The summed E-state index contributed by atoms with van der Waals surface area (Å²) in [5, 5.41) is 3.20. The van der Waals surface area contributed by atoms with Crippen molar-refractivity contribution < 1.29 is 0 Å². The van der Waals surface area contributed by atoms with Crippen molar-refractivity contribution in [1.29, 1.82) is 0 Å². The van der Waals surface area contributed by atoms with Crippen molar-refractivity contribution in [3.8, 4) is 0 Å². The van der Waals surface area contributed by atoms with Crippen LogP contribution in [0.4, 0.5) is 0 Å². The Morgan fingerprint density at radius 2 is 1.61 bits per heavy atom. The van der Waals surface area contributed by atoms with Gasteiger partial charge in [0.15, 0.2) is 0 Å². The number of hydrogen-bond acceptors (Lipinski definition) is 4. The van der Waals surface area contributed by atoms with Crippen LogP contribution in [0.15, 0.2) is 0 Å². The third-order valence-corrected chi connectivity index (χ3v) is 2.98. The number of aryl methyl sites for hydroxylation is 2. The summed E-state index contributed by atoms with van der Waals surface area (Å²) >= 11 is 0. The number of likely N-dealkylation sites (N-methyl/N-ethyl adjacent to an activating group) is 1. The highest BCUT2D eigenvalue weighted by atomic mass is 15.1. The van der Waals surface area contributed by atoms with Crippen molar-refractivity contribution in [1.82, 2.24) is 20.2 Å². The molecule has 0 amide bonds. The maximum absolute atomic E-state index is 4.71. The summed E-state index contributed by atoms with van der Waals surface area (Å²) in [5.74, 6) is 0.946. The molecule has 0 saturated heterocycles. The minimum Gasteiger partial charge on any atom is -0.319 e. The maximum Gasteiger partial charge on any atom is 0.142 e. The fraction of sp³-hybridized carbons (Fsp3) is 0.714. The molecule has 102 valence electrons. The molecular weight excluding hydrogens is 224 g/mol. The minimum atomic E-state index is 0.812. The van der Waals surface area contributed by atoms with E-state index < -0.39 is 0 Å². The maximum atomic E-state index is 4.71. The summed E-state index contributed by atoms with van der Waals surface area (Å²) in [6.45, 7) is 6.14. The molecule has 0 atom stereocenters. The molecule has 0 unspecified atom stereocenters. The van der Waals surface area contributed by atoms with E-state index in [-0.39, 0.29) is 0 Å². The van der Waals surface area contributed by atoms with E-state index >= 15 is 0 Å². The van der Waals surface area contributed by atoms with Crippen molar-refractivity contribution in [2.75, 3.05) is 27.7 Å². The van der Waals surface area contributed by atoms with E-state index in [2.05, 4.69) is 38.2 Å². The van der Waals surface area contributed by atoms with Gasteiger partial charge in [-0.1, -0.05) is 13.8 Å². The second-order valence-electron chi connectivity index (χ2n) is 4.81. The average molecular weight is 250 g/mol. The summed E-state index contributed by atoms with van der Waals surface area (Å²) in [6.07, 6.45) is 2.98. The number of rotatable bonds is 7. The van der Waals surface area contributed by atoms with Crippen molar-refractivity contribution in [3.05, 3.63) is 22.8 Å². The van der Waals surface area contributed by atoms with Crippen molar-refractivity contribution in [2.45, 2.75) is 39.7 Å². The lowest BCUT2D eigenvalue weighted by Gasteiger charge is -2.15. The Morgan fingerprint density at radius 1 is 1.06 bits per heavy atom. The molecule has 0 aromatic carbocycles. The zero-order chi connectivity index (χ0) is 13.5. The van der Waals surface area contributed by atoms with E-state index in [0.717, 1.165) is 38.2 Å². The molecule has 0 saturated carbocycles. The molecule has 0 aliphatic heterocycles. The number of nitrogens with zero attached hydrogens (tertiary/aromatic N) is 3. The minimum absolute atomic E-state index is 0.812. The first-order valence-corrected chi connectivity index (χ1v) is 6.79.